The molecule has 0 aromatic carbocycles. The van der Waals surface area contributed by atoms with E-state index in [0.29, 0.717) is 5.57 Å². The van der Waals surface area contributed by atoms with Gasteiger partial charge in [-0.1, -0.05) is 32.9 Å². The van der Waals surface area contributed by atoms with Crippen molar-refractivity contribution >= 4 is 11.9 Å². The SMILES string of the molecule is COC(=O)N(C/C=C\CO)C1CC(=O)C(C(C)(C)C)=CC1(OC)OC. The highest BCUT2D eigenvalue weighted by molar-refractivity contribution is 5.98. The van der Waals surface area contributed by atoms with Crippen LogP contribution in [0.3, 0.4) is 0 Å². The molecule has 0 spiro atoms. The summed E-state index contributed by atoms with van der Waals surface area (Å²) in [6, 6.07) is -0.697. The molecule has 1 aliphatic carbocycles. The molecular weight excluding hydrogens is 326 g/mol. The number of nitrogens with zero attached hydrogens (tertiary/aromatic N) is 1. The molecule has 1 unspecified atom stereocenters. The molecule has 0 saturated carbocycles. The first-order chi connectivity index (χ1) is 11.7. The minimum absolute atomic E-state index is 0.0485. The van der Waals surface area contributed by atoms with Gasteiger partial charge in [-0.2, -0.15) is 0 Å². The van der Waals surface area contributed by atoms with E-state index in [1.807, 2.05) is 20.8 Å². The number of ketones is 1. The molecule has 0 saturated heterocycles. The zero-order valence-electron chi connectivity index (χ0n) is 15.9. The van der Waals surface area contributed by atoms with Gasteiger partial charge in [0.2, 0.25) is 5.79 Å². The smallest absolute Gasteiger partial charge is 0.410 e. The molecule has 0 heterocycles. The first-order valence-electron chi connectivity index (χ1n) is 8.14. The summed E-state index contributed by atoms with van der Waals surface area (Å²) in [6.07, 6.45) is 4.24. The van der Waals surface area contributed by atoms with E-state index < -0.39 is 17.9 Å². The average Bonchev–Trinajstić information content (AvgIpc) is 2.57. The zero-order valence-corrected chi connectivity index (χ0v) is 15.9. The minimum Gasteiger partial charge on any atom is -0.453 e. The predicted octanol–water partition coefficient (Wildman–Crippen LogP) is 1.91. The molecule has 1 aliphatic rings. The molecule has 0 aliphatic heterocycles. The second kappa shape index (κ2) is 8.60. The lowest BCUT2D eigenvalue weighted by Gasteiger charge is -2.45. The number of carbonyl (C=O) groups is 2. The van der Waals surface area contributed by atoms with Crippen molar-refractivity contribution in [3.63, 3.8) is 0 Å². The molecule has 0 radical (unpaired) electrons. The number of amides is 1. The number of carbonyl (C=O) groups excluding carboxylic acids is 2. The van der Waals surface area contributed by atoms with Gasteiger partial charge in [-0.25, -0.2) is 4.79 Å². The van der Waals surface area contributed by atoms with E-state index in [4.69, 9.17) is 19.3 Å². The quantitative estimate of drug-likeness (QED) is 0.579. The Kier molecular flexibility index (Phi) is 7.34. The molecule has 7 heteroatoms. The Morgan fingerprint density at radius 1 is 1.32 bits per heavy atom. The lowest BCUT2D eigenvalue weighted by Crippen LogP contribution is -2.59. The Hall–Kier alpha value is -1.70. The Bertz CT molecular complexity index is 542. The summed E-state index contributed by atoms with van der Waals surface area (Å²) in [6.45, 7) is 5.82. The van der Waals surface area contributed by atoms with E-state index >= 15 is 0 Å². The molecule has 1 rings (SSSR count). The summed E-state index contributed by atoms with van der Waals surface area (Å²) >= 11 is 0. The molecule has 142 valence electrons. The average molecular weight is 355 g/mol. The Morgan fingerprint density at radius 3 is 2.36 bits per heavy atom. The van der Waals surface area contributed by atoms with Crippen LogP contribution in [0, 0.1) is 5.41 Å². The molecule has 7 nitrogen and oxygen atoms in total. The van der Waals surface area contributed by atoms with Crippen LogP contribution in [0.5, 0.6) is 0 Å². The van der Waals surface area contributed by atoms with E-state index in [0.717, 1.165) is 0 Å². The van der Waals surface area contributed by atoms with Gasteiger partial charge in [-0.15, -0.1) is 0 Å². The summed E-state index contributed by atoms with van der Waals surface area (Å²) in [7, 11) is 4.22. The maximum Gasteiger partial charge on any atom is 0.410 e. The minimum atomic E-state index is -1.27. The fraction of sp³-hybridized carbons (Fsp3) is 0.667. The summed E-state index contributed by atoms with van der Waals surface area (Å²) in [4.78, 5) is 26.3. The van der Waals surface area contributed by atoms with Crippen molar-refractivity contribution < 1.29 is 28.9 Å². The highest BCUT2D eigenvalue weighted by atomic mass is 16.7. The third-order valence-electron chi connectivity index (χ3n) is 4.29. The molecular formula is C18H29NO6. The van der Waals surface area contributed by atoms with Gasteiger partial charge in [0.05, 0.1) is 13.7 Å². The normalized spacial score (nSPS) is 20.5. The van der Waals surface area contributed by atoms with Crippen molar-refractivity contribution in [3.05, 3.63) is 23.8 Å². The van der Waals surface area contributed by atoms with Crippen LogP contribution >= 0.6 is 0 Å². The third-order valence-corrected chi connectivity index (χ3v) is 4.29. The first-order valence-corrected chi connectivity index (χ1v) is 8.14. The molecule has 1 N–H and O–H groups in total. The van der Waals surface area contributed by atoms with Crippen LogP contribution < -0.4 is 0 Å². The Morgan fingerprint density at radius 2 is 1.92 bits per heavy atom. The molecule has 1 amide bonds. The number of methoxy groups -OCH3 is 3. The molecule has 0 aromatic heterocycles. The van der Waals surface area contributed by atoms with E-state index in [9.17, 15) is 9.59 Å². The lowest BCUT2D eigenvalue weighted by molar-refractivity contribution is -0.210. The Balaban J connectivity index is 3.38. The topological polar surface area (TPSA) is 85.3 Å². The number of aliphatic hydroxyl groups is 1. The zero-order chi connectivity index (χ0) is 19.3. The van der Waals surface area contributed by atoms with Gasteiger partial charge in [-0.3, -0.25) is 9.69 Å². The molecule has 25 heavy (non-hydrogen) atoms. The number of hydrogen-bond donors (Lipinski definition) is 1. The first kappa shape index (κ1) is 21.3. The predicted molar refractivity (Wildman–Crippen MR) is 93.0 cm³/mol. The largest absolute Gasteiger partial charge is 0.453 e. The Labute approximate surface area is 149 Å². The highest BCUT2D eigenvalue weighted by Crippen LogP contribution is 2.39. The van der Waals surface area contributed by atoms with Gasteiger partial charge in [-0.05, 0) is 11.5 Å². The van der Waals surface area contributed by atoms with Crippen LogP contribution in [0.25, 0.3) is 0 Å². The molecule has 0 bridgehead atoms. The van der Waals surface area contributed by atoms with Gasteiger partial charge < -0.3 is 19.3 Å². The number of hydrogen-bond acceptors (Lipinski definition) is 6. The monoisotopic (exact) mass is 355 g/mol. The number of Topliss-reactive ketones (excluding diaryl/α,β-unsaturated/α-hetero) is 1. The molecule has 1 atom stereocenters. The van der Waals surface area contributed by atoms with Crippen molar-refractivity contribution in [3.8, 4) is 0 Å². The molecule has 0 aromatic rings. The summed E-state index contributed by atoms with van der Waals surface area (Å²) in [5, 5.41) is 8.91. The number of allylic oxidation sites excluding steroid dienone is 1. The maximum atomic E-state index is 12.7. The summed E-state index contributed by atoms with van der Waals surface area (Å²) in [5.74, 6) is -1.33. The van der Waals surface area contributed by atoms with Crippen LogP contribution in [-0.4, -0.2) is 68.2 Å². The fourth-order valence-corrected chi connectivity index (χ4v) is 2.95. The van der Waals surface area contributed by atoms with Crippen LogP contribution in [0.1, 0.15) is 27.2 Å². The van der Waals surface area contributed by atoms with Crippen LogP contribution in [0.2, 0.25) is 0 Å². The second-order valence-corrected chi connectivity index (χ2v) is 6.86. The van der Waals surface area contributed by atoms with Gasteiger partial charge >= 0.3 is 6.09 Å². The van der Waals surface area contributed by atoms with Crippen molar-refractivity contribution in [1.29, 1.82) is 0 Å². The van der Waals surface area contributed by atoms with Crippen LogP contribution in [-0.2, 0) is 19.0 Å². The van der Waals surface area contributed by atoms with Gasteiger partial charge in [0.1, 0.15) is 6.04 Å². The third kappa shape index (κ3) is 4.68. The van der Waals surface area contributed by atoms with Crippen molar-refractivity contribution in [2.24, 2.45) is 5.41 Å². The van der Waals surface area contributed by atoms with E-state index in [-0.39, 0.29) is 30.8 Å². The van der Waals surface area contributed by atoms with E-state index in [1.54, 1.807) is 12.2 Å². The van der Waals surface area contributed by atoms with E-state index in [2.05, 4.69) is 0 Å². The highest BCUT2D eigenvalue weighted by Gasteiger charge is 2.49. The van der Waals surface area contributed by atoms with Crippen molar-refractivity contribution in [2.45, 2.75) is 39.0 Å². The van der Waals surface area contributed by atoms with Gasteiger partial charge in [0.15, 0.2) is 5.78 Å². The number of rotatable bonds is 6. The molecule has 0 fully saturated rings. The van der Waals surface area contributed by atoms with Gasteiger partial charge in [0.25, 0.3) is 0 Å². The standard InChI is InChI=1S/C18H29NO6/c1-17(2,3)13-12-18(24-5,25-6)15(11-14(13)21)19(16(22)23-4)9-7-8-10-20/h7-8,12,15,20H,9-11H2,1-6H3/b8-7-. The van der Waals surface area contributed by atoms with E-state index in [1.165, 1.54) is 32.3 Å². The summed E-state index contributed by atoms with van der Waals surface area (Å²) in [5.41, 5.74) is 0.222. The second-order valence-electron chi connectivity index (χ2n) is 6.86. The van der Waals surface area contributed by atoms with Crippen LogP contribution in [0.15, 0.2) is 23.8 Å². The summed E-state index contributed by atoms with van der Waals surface area (Å²) < 4.78 is 16.1. The fourth-order valence-electron chi connectivity index (χ4n) is 2.95. The number of aliphatic hydroxyl groups excluding tert-OH is 1. The maximum absolute atomic E-state index is 12.7. The van der Waals surface area contributed by atoms with Crippen molar-refractivity contribution in [1.82, 2.24) is 4.90 Å². The van der Waals surface area contributed by atoms with Gasteiger partial charge in [0, 0.05) is 32.8 Å². The van der Waals surface area contributed by atoms with Crippen molar-refractivity contribution in [2.75, 3.05) is 34.5 Å². The lowest BCUT2D eigenvalue weighted by atomic mass is 9.76. The van der Waals surface area contributed by atoms with Crippen LogP contribution in [0.4, 0.5) is 4.79 Å². The number of ether oxygens (including phenoxy) is 3.